The van der Waals surface area contributed by atoms with Crippen molar-refractivity contribution in [2.24, 2.45) is 0 Å². The van der Waals surface area contributed by atoms with Gasteiger partial charge >= 0.3 is 5.97 Å². The van der Waals surface area contributed by atoms with Crippen molar-refractivity contribution in [1.82, 2.24) is 0 Å². The molecule has 0 spiro atoms. The molecule has 1 atom stereocenters. The number of hydrogen-bond donors (Lipinski definition) is 1. The van der Waals surface area contributed by atoms with E-state index in [4.69, 9.17) is 4.74 Å². The summed E-state index contributed by atoms with van der Waals surface area (Å²) in [6, 6.07) is 15.6. The molecular weight excluding hydrogens is 360 g/mol. The molecule has 1 aliphatic rings. The lowest BCUT2D eigenvalue weighted by Gasteiger charge is -2.30. The molecule has 2 aromatic carbocycles. The standard InChI is InChI=1S/C21H20N2O5/c1-14(28-20(26)12-11-18(24)15-7-3-2-4-8-15)21(27)23-13-19(25)22-16-9-5-6-10-17(16)23/h2-10,14H,11-13H2,1H3,(H,22,25)/t14-/m0/s1. The van der Waals surface area contributed by atoms with Crippen molar-refractivity contribution in [3.05, 3.63) is 60.2 Å². The van der Waals surface area contributed by atoms with Crippen LogP contribution in [0.5, 0.6) is 0 Å². The van der Waals surface area contributed by atoms with Crippen LogP contribution in [-0.2, 0) is 19.1 Å². The Hall–Kier alpha value is -3.48. The van der Waals surface area contributed by atoms with E-state index in [0.717, 1.165) is 0 Å². The Bertz CT molecular complexity index is 910. The molecule has 1 heterocycles. The zero-order valence-corrected chi connectivity index (χ0v) is 15.4. The Morgan fingerprint density at radius 1 is 1.04 bits per heavy atom. The van der Waals surface area contributed by atoms with Gasteiger partial charge in [-0.25, -0.2) is 0 Å². The topological polar surface area (TPSA) is 92.8 Å². The first-order valence-electron chi connectivity index (χ1n) is 8.93. The van der Waals surface area contributed by atoms with Gasteiger partial charge in [-0.15, -0.1) is 0 Å². The normalized spacial score (nSPS) is 13.9. The number of carbonyl (C=O) groups is 4. The molecule has 2 aromatic rings. The first-order chi connectivity index (χ1) is 13.5. The highest BCUT2D eigenvalue weighted by Gasteiger charge is 2.31. The highest BCUT2D eigenvalue weighted by atomic mass is 16.5. The molecule has 0 saturated heterocycles. The second-order valence-corrected chi connectivity index (χ2v) is 6.41. The minimum atomic E-state index is -1.07. The zero-order chi connectivity index (χ0) is 20.1. The van der Waals surface area contributed by atoms with E-state index in [2.05, 4.69) is 5.32 Å². The molecule has 0 radical (unpaired) electrons. The number of para-hydroxylation sites is 2. The number of anilines is 2. The van der Waals surface area contributed by atoms with E-state index in [1.54, 1.807) is 54.6 Å². The molecule has 3 rings (SSSR count). The maximum absolute atomic E-state index is 12.7. The number of nitrogens with one attached hydrogen (secondary N) is 1. The first kappa shape index (κ1) is 19.3. The second-order valence-electron chi connectivity index (χ2n) is 6.41. The van der Waals surface area contributed by atoms with Gasteiger partial charge in [-0.3, -0.25) is 24.1 Å². The number of hydrogen-bond acceptors (Lipinski definition) is 5. The number of nitrogens with zero attached hydrogens (tertiary/aromatic N) is 1. The maximum atomic E-state index is 12.7. The fraction of sp³-hybridized carbons (Fsp3) is 0.238. The van der Waals surface area contributed by atoms with Gasteiger partial charge in [0, 0.05) is 12.0 Å². The smallest absolute Gasteiger partial charge is 0.307 e. The second kappa shape index (κ2) is 8.47. The minimum absolute atomic E-state index is 0.00128. The van der Waals surface area contributed by atoms with Crippen LogP contribution in [0, 0.1) is 0 Å². The number of rotatable bonds is 6. The Morgan fingerprint density at radius 2 is 1.71 bits per heavy atom. The largest absolute Gasteiger partial charge is 0.453 e. The third kappa shape index (κ3) is 4.43. The van der Waals surface area contributed by atoms with Gasteiger partial charge in [0.15, 0.2) is 11.9 Å². The average Bonchev–Trinajstić information content (AvgIpc) is 2.71. The zero-order valence-electron chi connectivity index (χ0n) is 15.4. The molecule has 0 bridgehead atoms. The number of esters is 1. The molecule has 0 saturated carbocycles. The molecule has 28 heavy (non-hydrogen) atoms. The summed E-state index contributed by atoms with van der Waals surface area (Å²) in [6.45, 7) is 1.30. The average molecular weight is 380 g/mol. The highest BCUT2D eigenvalue weighted by molar-refractivity contribution is 6.11. The van der Waals surface area contributed by atoms with Crippen molar-refractivity contribution in [3.63, 3.8) is 0 Å². The number of amides is 2. The van der Waals surface area contributed by atoms with Gasteiger partial charge in [0.1, 0.15) is 6.54 Å². The lowest BCUT2D eigenvalue weighted by Crippen LogP contribution is -2.47. The summed E-state index contributed by atoms with van der Waals surface area (Å²) in [7, 11) is 0. The van der Waals surface area contributed by atoms with Crippen LogP contribution in [0.1, 0.15) is 30.1 Å². The van der Waals surface area contributed by atoms with Gasteiger partial charge in [-0.1, -0.05) is 42.5 Å². The predicted molar refractivity (Wildman–Crippen MR) is 103 cm³/mol. The van der Waals surface area contributed by atoms with Crippen LogP contribution in [0.15, 0.2) is 54.6 Å². The van der Waals surface area contributed by atoms with Crippen LogP contribution in [0.25, 0.3) is 0 Å². The molecule has 0 fully saturated rings. The SMILES string of the molecule is C[C@H](OC(=O)CCC(=O)c1ccccc1)C(=O)N1CC(=O)Nc2ccccc21. The molecule has 7 nitrogen and oxygen atoms in total. The Labute approximate surface area is 162 Å². The summed E-state index contributed by atoms with van der Waals surface area (Å²) in [5, 5.41) is 2.69. The molecule has 0 aromatic heterocycles. The van der Waals surface area contributed by atoms with E-state index in [1.165, 1.54) is 11.8 Å². The van der Waals surface area contributed by atoms with E-state index in [0.29, 0.717) is 16.9 Å². The number of fused-ring (bicyclic) bond motifs is 1. The number of carbonyl (C=O) groups excluding carboxylic acids is 4. The Kier molecular flexibility index (Phi) is 5.84. The maximum Gasteiger partial charge on any atom is 0.307 e. The minimum Gasteiger partial charge on any atom is -0.453 e. The van der Waals surface area contributed by atoms with Gasteiger partial charge in [0.25, 0.3) is 5.91 Å². The van der Waals surface area contributed by atoms with Crippen molar-refractivity contribution < 1.29 is 23.9 Å². The third-order valence-electron chi connectivity index (χ3n) is 4.34. The summed E-state index contributed by atoms with van der Waals surface area (Å²) in [6.07, 6.45) is -1.19. The van der Waals surface area contributed by atoms with E-state index in [-0.39, 0.29) is 31.1 Å². The summed E-state index contributed by atoms with van der Waals surface area (Å²) in [5.74, 6) is -1.62. The van der Waals surface area contributed by atoms with Crippen molar-refractivity contribution in [1.29, 1.82) is 0 Å². The van der Waals surface area contributed by atoms with E-state index in [9.17, 15) is 19.2 Å². The summed E-state index contributed by atoms with van der Waals surface area (Å²) in [4.78, 5) is 50.0. The van der Waals surface area contributed by atoms with E-state index in [1.807, 2.05) is 0 Å². The summed E-state index contributed by atoms with van der Waals surface area (Å²) < 4.78 is 5.19. The lowest BCUT2D eigenvalue weighted by molar-refractivity contribution is -0.153. The number of Topliss-reactive ketones (excluding diaryl/α,β-unsaturated/α-hetero) is 1. The first-order valence-corrected chi connectivity index (χ1v) is 8.93. The summed E-state index contributed by atoms with van der Waals surface area (Å²) >= 11 is 0. The van der Waals surface area contributed by atoms with Gasteiger partial charge in [-0.05, 0) is 19.1 Å². The van der Waals surface area contributed by atoms with Gasteiger partial charge < -0.3 is 10.1 Å². The van der Waals surface area contributed by atoms with Crippen LogP contribution in [0.2, 0.25) is 0 Å². The quantitative estimate of drug-likeness (QED) is 0.614. The predicted octanol–water partition coefficient (Wildman–Crippen LogP) is 2.57. The van der Waals surface area contributed by atoms with E-state index >= 15 is 0 Å². The Morgan fingerprint density at radius 3 is 2.46 bits per heavy atom. The van der Waals surface area contributed by atoms with Crippen LogP contribution in [-0.4, -0.2) is 36.2 Å². The molecule has 0 unspecified atom stereocenters. The van der Waals surface area contributed by atoms with Gasteiger partial charge in [0.05, 0.1) is 17.8 Å². The number of benzene rings is 2. The third-order valence-corrected chi connectivity index (χ3v) is 4.34. The van der Waals surface area contributed by atoms with Crippen LogP contribution >= 0.6 is 0 Å². The van der Waals surface area contributed by atoms with Gasteiger partial charge in [0.2, 0.25) is 5.91 Å². The molecule has 2 amide bonds. The van der Waals surface area contributed by atoms with Crippen LogP contribution < -0.4 is 10.2 Å². The van der Waals surface area contributed by atoms with Crippen molar-refractivity contribution in [2.45, 2.75) is 25.9 Å². The molecule has 1 aliphatic heterocycles. The van der Waals surface area contributed by atoms with Crippen LogP contribution in [0.4, 0.5) is 11.4 Å². The fourth-order valence-corrected chi connectivity index (χ4v) is 2.94. The molecule has 7 heteroatoms. The van der Waals surface area contributed by atoms with E-state index < -0.39 is 18.0 Å². The van der Waals surface area contributed by atoms with Crippen molar-refractivity contribution in [2.75, 3.05) is 16.8 Å². The summed E-state index contributed by atoms with van der Waals surface area (Å²) in [5.41, 5.74) is 1.60. The highest BCUT2D eigenvalue weighted by Crippen LogP contribution is 2.29. The molecular formula is C21H20N2O5. The molecule has 0 aliphatic carbocycles. The van der Waals surface area contributed by atoms with Crippen LogP contribution in [0.3, 0.4) is 0 Å². The lowest BCUT2D eigenvalue weighted by atomic mass is 10.1. The van der Waals surface area contributed by atoms with Gasteiger partial charge in [-0.2, -0.15) is 0 Å². The number of ether oxygens (including phenoxy) is 1. The monoisotopic (exact) mass is 380 g/mol. The molecule has 144 valence electrons. The fourth-order valence-electron chi connectivity index (χ4n) is 2.94. The Balaban J connectivity index is 1.58. The van der Waals surface area contributed by atoms with Crippen molar-refractivity contribution >= 4 is 34.9 Å². The number of ketones is 1. The van der Waals surface area contributed by atoms with Crippen molar-refractivity contribution in [3.8, 4) is 0 Å². The molecule has 1 N–H and O–H groups in total.